The molecular formula is C20H18F2N4O2. The van der Waals surface area contributed by atoms with Gasteiger partial charge in [-0.25, -0.2) is 13.8 Å². The SMILES string of the molecule is O=C(Nc1nc2ccccn2c1C(=O)NC1CCCC1)c1cc(F)ccc1F. The van der Waals surface area contributed by atoms with E-state index in [9.17, 15) is 18.4 Å². The van der Waals surface area contributed by atoms with Crippen LogP contribution < -0.4 is 10.6 Å². The fourth-order valence-electron chi connectivity index (χ4n) is 3.47. The first-order chi connectivity index (χ1) is 13.5. The van der Waals surface area contributed by atoms with Crippen LogP contribution in [0.3, 0.4) is 0 Å². The van der Waals surface area contributed by atoms with E-state index in [2.05, 4.69) is 15.6 Å². The molecule has 0 saturated heterocycles. The maximum absolute atomic E-state index is 13.9. The quantitative estimate of drug-likeness (QED) is 0.723. The van der Waals surface area contributed by atoms with Gasteiger partial charge in [-0.1, -0.05) is 18.9 Å². The molecule has 0 atom stereocenters. The number of carbonyl (C=O) groups is 2. The summed E-state index contributed by atoms with van der Waals surface area (Å²) >= 11 is 0. The minimum Gasteiger partial charge on any atom is -0.348 e. The predicted molar refractivity (Wildman–Crippen MR) is 99.2 cm³/mol. The van der Waals surface area contributed by atoms with Crippen LogP contribution in [0.5, 0.6) is 0 Å². The van der Waals surface area contributed by atoms with Crippen molar-refractivity contribution < 1.29 is 18.4 Å². The summed E-state index contributed by atoms with van der Waals surface area (Å²) in [7, 11) is 0. The van der Waals surface area contributed by atoms with Crippen molar-refractivity contribution >= 4 is 23.3 Å². The highest BCUT2D eigenvalue weighted by Crippen LogP contribution is 2.22. The predicted octanol–water partition coefficient (Wildman–Crippen LogP) is 3.54. The van der Waals surface area contributed by atoms with E-state index in [1.54, 1.807) is 28.8 Å². The summed E-state index contributed by atoms with van der Waals surface area (Å²) in [5, 5.41) is 5.41. The molecule has 6 nitrogen and oxygen atoms in total. The number of benzene rings is 1. The van der Waals surface area contributed by atoms with E-state index in [1.807, 2.05) is 0 Å². The summed E-state index contributed by atoms with van der Waals surface area (Å²) in [5.41, 5.74) is 0.140. The maximum Gasteiger partial charge on any atom is 0.272 e. The lowest BCUT2D eigenvalue weighted by Crippen LogP contribution is -2.34. The molecule has 2 aromatic heterocycles. The average molecular weight is 384 g/mol. The second kappa shape index (κ2) is 7.38. The first kappa shape index (κ1) is 18.1. The Morgan fingerprint density at radius 1 is 1.07 bits per heavy atom. The third-order valence-electron chi connectivity index (χ3n) is 4.84. The molecule has 1 aliphatic carbocycles. The van der Waals surface area contributed by atoms with Gasteiger partial charge in [-0.05, 0) is 43.2 Å². The number of pyridine rings is 1. The number of amides is 2. The van der Waals surface area contributed by atoms with E-state index >= 15 is 0 Å². The van der Waals surface area contributed by atoms with E-state index in [0.29, 0.717) is 5.65 Å². The van der Waals surface area contributed by atoms with Gasteiger partial charge in [0.15, 0.2) is 11.5 Å². The van der Waals surface area contributed by atoms with Gasteiger partial charge in [0.2, 0.25) is 0 Å². The van der Waals surface area contributed by atoms with E-state index < -0.39 is 23.1 Å². The minimum atomic E-state index is -0.879. The summed E-state index contributed by atoms with van der Waals surface area (Å²) in [6.07, 6.45) is 5.57. The number of nitrogens with one attached hydrogen (secondary N) is 2. The highest BCUT2D eigenvalue weighted by Gasteiger charge is 2.25. The van der Waals surface area contributed by atoms with Crippen LogP contribution >= 0.6 is 0 Å². The first-order valence-corrected chi connectivity index (χ1v) is 9.07. The second-order valence-electron chi connectivity index (χ2n) is 6.77. The molecule has 0 unspecified atom stereocenters. The number of nitrogens with zero attached hydrogens (tertiary/aromatic N) is 2. The van der Waals surface area contributed by atoms with Crippen LogP contribution in [0, 0.1) is 11.6 Å². The van der Waals surface area contributed by atoms with Gasteiger partial charge in [0, 0.05) is 12.2 Å². The maximum atomic E-state index is 13.9. The normalized spacial score (nSPS) is 14.4. The number of hydrogen-bond donors (Lipinski definition) is 2. The fourth-order valence-corrected chi connectivity index (χ4v) is 3.47. The lowest BCUT2D eigenvalue weighted by molar-refractivity contribution is 0.0933. The molecule has 1 saturated carbocycles. The van der Waals surface area contributed by atoms with E-state index in [-0.39, 0.29) is 23.5 Å². The molecule has 2 heterocycles. The largest absolute Gasteiger partial charge is 0.348 e. The zero-order valence-corrected chi connectivity index (χ0v) is 14.9. The number of anilines is 1. The van der Waals surface area contributed by atoms with Crippen molar-refractivity contribution in [3.63, 3.8) is 0 Å². The Balaban J connectivity index is 1.69. The molecule has 1 aromatic carbocycles. The Morgan fingerprint density at radius 3 is 2.64 bits per heavy atom. The van der Waals surface area contributed by atoms with E-state index in [4.69, 9.17) is 0 Å². The molecule has 2 N–H and O–H groups in total. The van der Waals surface area contributed by atoms with Gasteiger partial charge in [0.05, 0.1) is 5.56 Å². The van der Waals surface area contributed by atoms with Crippen LogP contribution in [0.15, 0.2) is 42.6 Å². The summed E-state index contributed by atoms with van der Waals surface area (Å²) < 4.78 is 28.9. The Bertz CT molecular complexity index is 1060. The highest BCUT2D eigenvalue weighted by atomic mass is 19.1. The number of aromatic nitrogens is 2. The zero-order chi connectivity index (χ0) is 19.7. The van der Waals surface area contributed by atoms with Crippen LogP contribution in [-0.2, 0) is 0 Å². The summed E-state index contributed by atoms with van der Waals surface area (Å²) in [4.78, 5) is 29.6. The third-order valence-corrected chi connectivity index (χ3v) is 4.84. The van der Waals surface area contributed by atoms with Gasteiger partial charge in [-0.2, -0.15) is 0 Å². The van der Waals surface area contributed by atoms with Gasteiger partial charge >= 0.3 is 0 Å². The van der Waals surface area contributed by atoms with Crippen molar-refractivity contribution in [2.75, 3.05) is 5.32 Å². The molecule has 0 bridgehead atoms. The monoisotopic (exact) mass is 384 g/mol. The third kappa shape index (κ3) is 3.45. The molecule has 8 heteroatoms. The zero-order valence-electron chi connectivity index (χ0n) is 14.9. The lowest BCUT2D eigenvalue weighted by atomic mass is 10.2. The van der Waals surface area contributed by atoms with Crippen molar-refractivity contribution in [3.8, 4) is 0 Å². The molecule has 28 heavy (non-hydrogen) atoms. The van der Waals surface area contributed by atoms with Gasteiger partial charge < -0.3 is 10.6 Å². The molecule has 1 fully saturated rings. The summed E-state index contributed by atoms with van der Waals surface area (Å²) in [5.74, 6) is -2.85. The van der Waals surface area contributed by atoms with Crippen LogP contribution in [0.25, 0.3) is 5.65 Å². The summed E-state index contributed by atoms with van der Waals surface area (Å²) in [6, 6.07) is 7.85. The number of carbonyl (C=O) groups excluding carboxylic acids is 2. The lowest BCUT2D eigenvalue weighted by Gasteiger charge is -2.13. The molecule has 3 aromatic rings. The van der Waals surface area contributed by atoms with Gasteiger partial charge in [0.25, 0.3) is 11.8 Å². The number of fused-ring (bicyclic) bond motifs is 1. The molecule has 0 spiro atoms. The fraction of sp³-hybridized carbons (Fsp3) is 0.250. The van der Waals surface area contributed by atoms with Crippen molar-refractivity contribution in [3.05, 3.63) is 65.5 Å². The van der Waals surface area contributed by atoms with Crippen molar-refractivity contribution in [2.45, 2.75) is 31.7 Å². The van der Waals surface area contributed by atoms with Gasteiger partial charge in [-0.15, -0.1) is 0 Å². The van der Waals surface area contributed by atoms with E-state index in [0.717, 1.165) is 43.9 Å². The van der Waals surface area contributed by atoms with Crippen LogP contribution in [0.1, 0.15) is 46.5 Å². The number of rotatable bonds is 4. The highest BCUT2D eigenvalue weighted by molar-refractivity contribution is 6.08. The van der Waals surface area contributed by atoms with Gasteiger partial charge in [0.1, 0.15) is 17.3 Å². The van der Waals surface area contributed by atoms with Crippen molar-refractivity contribution in [2.24, 2.45) is 0 Å². The van der Waals surface area contributed by atoms with Crippen LogP contribution in [0.2, 0.25) is 0 Å². The second-order valence-corrected chi connectivity index (χ2v) is 6.77. The van der Waals surface area contributed by atoms with Crippen LogP contribution in [0.4, 0.5) is 14.6 Å². The first-order valence-electron chi connectivity index (χ1n) is 9.07. The average Bonchev–Trinajstić information content (AvgIpc) is 3.30. The van der Waals surface area contributed by atoms with Crippen molar-refractivity contribution in [1.82, 2.24) is 14.7 Å². The molecule has 0 radical (unpaired) electrons. The van der Waals surface area contributed by atoms with Crippen LogP contribution in [-0.4, -0.2) is 27.2 Å². The number of imidazole rings is 1. The van der Waals surface area contributed by atoms with Gasteiger partial charge in [-0.3, -0.25) is 14.0 Å². The standard InChI is InChI=1S/C20H18F2N4O2/c21-12-8-9-15(22)14(11-12)19(27)25-18-17(20(28)23-13-5-1-2-6-13)26-10-4-3-7-16(26)24-18/h3-4,7-11,13H,1-2,5-6H2,(H,23,28)(H,25,27). The molecule has 4 rings (SSSR count). The molecule has 1 aliphatic rings. The smallest absolute Gasteiger partial charge is 0.272 e. The molecule has 2 amide bonds. The Kier molecular flexibility index (Phi) is 4.77. The van der Waals surface area contributed by atoms with Crippen molar-refractivity contribution in [1.29, 1.82) is 0 Å². The minimum absolute atomic E-state index is 0.00430. The Morgan fingerprint density at radius 2 is 1.86 bits per heavy atom. The molecular weight excluding hydrogens is 366 g/mol. The topological polar surface area (TPSA) is 75.5 Å². The molecule has 0 aliphatic heterocycles. The van der Waals surface area contributed by atoms with E-state index in [1.165, 1.54) is 0 Å². The number of halogens is 2. The summed E-state index contributed by atoms with van der Waals surface area (Å²) in [6.45, 7) is 0. The number of hydrogen-bond acceptors (Lipinski definition) is 3. The Hall–Kier alpha value is -3.29. The molecule has 144 valence electrons. The Labute approximate surface area is 159 Å².